The Kier molecular flexibility index (Phi) is 3.87. The minimum absolute atomic E-state index is 0.356. The molecule has 0 amide bonds. The summed E-state index contributed by atoms with van der Waals surface area (Å²) in [6, 6.07) is 6.29. The molecule has 0 aromatic carbocycles. The number of nitrogens with zero attached hydrogens (tertiary/aromatic N) is 7. The summed E-state index contributed by atoms with van der Waals surface area (Å²) in [5.74, 6) is 1.53. The molecule has 1 aliphatic heterocycles. The first-order chi connectivity index (χ1) is 12.1. The standard InChI is InChI=1S/C17H22N8/c1-12-8-13(2)25(22-12)17-5-4-16(20-21-17)19-14-6-7-24(10-14)15-9-18-23(3)11-15/h4-5,8-9,11,14H,6-7,10H2,1-3H3,(H,19,20). The van der Waals surface area contributed by atoms with Crippen LogP contribution in [0.3, 0.4) is 0 Å². The van der Waals surface area contributed by atoms with Gasteiger partial charge in [-0.05, 0) is 38.5 Å². The first kappa shape index (κ1) is 15.6. The van der Waals surface area contributed by atoms with Gasteiger partial charge < -0.3 is 10.2 Å². The summed E-state index contributed by atoms with van der Waals surface area (Å²) in [4.78, 5) is 2.34. The van der Waals surface area contributed by atoms with E-state index < -0.39 is 0 Å². The first-order valence-electron chi connectivity index (χ1n) is 8.46. The van der Waals surface area contributed by atoms with Crippen molar-refractivity contribution < 1.29 is 0 Å². The van der Waals surface area contributed by atoms with Gasteiger partial charge in [0, 0.05) is 38.1 Å². The molecular weight excluding hydrogens is 316 g/mol. The molecule has 1 unspecified atom stereocenters. The van der Waals surface area contributed by atoms with Gasteiger partial charge in [-0.25, -0.2) is 4.68 Å². The average molecular weight is 338 g/mol. The van der Waals surface area contributed by atoms with Crippen LogP contribution in [0.4, 0.5) is 11.5 Å². The van der Waals surface area contributed by atoms with Gasteiger partial charge >= 0.3 is 0 Å². The zero-order chi connectivity index (χ0) is 17.4. The highest BCUT2D eigenvalue weighted by molar-refractivity contribution is 5.46. The zero-order valence-electron chi connectivity index (χ0n) is 14.7. The normalized spacial score (nSPS) is 17.2. The Morgan fingerprint density at radius 2 is 2.08 bits per heavy atom. The molecule has 8 nitrogen and oxygen atoms in total. The van der Waals surface area contributed by atoms with E-state index in [1.165, 1.54) is 0 Å². The lowest BCUT2D eigenvalue weighted by Gasteiger charge is -2.17. The molecule has 0 spiro atoms. The largest absolute Gasteiger partial charge is 0.367 e. The van der Waals surface area contributed by atoms with E-state index in [1.54, 1.807) is 0 Å². The minimum atomic E-state index is 0.356. The predicted molar refractivity (Wildman–Crippen MR) is 96.1 cm³/mol. The summed E-state index contributed by atoms with van der Waals surface area (Å²) < 4.78 is 3.64. The third-order valence-corrected chi connectivity index (χ3v) is 4.47. The highest BCUT2D eigenvalue weighted by Crippen LogP contribution is 2.21. The Morgan fingerprint density at radius 3 is 2.72 bits per heavy atom. The smallest absolute Gasteiger partial charge is 0.176 e. The van der Waals surface area contributed by atoms with E-state index in [2.05, 4.69) is 30.6 Å². The molecule has 8 heteroatoms. The van der Waals surface area contributed by atoms with Gasteiger partial charge in [0.1, 0.15) is 5.82 Å². The van der Waals surface area contributed by atoms with Crippen LogP contribution in [0, 0.1) is 13.8 Å². The summed E-state index contributed by atoms with van der Waals surface area (Å²) in [5, 5.41) is 20.8. The highest BCUT2D eigenvalue weighted by Gasteiger charge is 2.23. The fourth-order valence-electron chi connectivity index (χ4n) is 3.27. The van der Waals surface area contributed by atoms with E-state index in [4.69, 9.17) is 0 Å². The molecule has 0 bridgehead atoms. The quantitative estimate of drug-likeness (QED) is 0.780. The number of aryl methyl sites for hydroxylation is 3. The third-order valence-electron chi connectivity index (χ3n) is 4.47. The topological polar surface area (TPSA) is 76.7 Å². The molecule has 0 radical (unpaired) electrons. The van der Waals surface area contributed by atoms with Crippen molar-refractivity contribution in [2.24, 2.45) is 7.05 Å². The van der Waals surface area contributed by atoms with Crippen LogP contribution in [0.5, 0.6) is 0 Å². The summed E-state index contributed by atoms with van der Waals surface area (Å²) in [6.45, 7) is 5.94. The lowest BCUT2D eigenvalue weighted by molar-refractivity contribution is 0.765. The summed E-state index contributed by atoms with van der Waals surface area (Å²) in [7, 11) is 1.94. The summed E-state index contributed by atoms with van der Waals surface area (Å²) >= 11 is 0. The number of anilines is 2. The second-order valence-electron chi connectivity index (χ2n) is 6.56. The molecule has 1 N–H and O–H groups in total. The number of rotatable bonds is 4. The Bertz CT molecular complexity index is 863. The monoisotopic (exact) mass is 338 g/mol. The molecule has 3 aromatic rings. The Morgan fingerprint density at radius 1 is 1.20 bits per heavy atom. The lowest BCUT2D eigenvalue weighted by Crippen LogP contribution is -2.26. The summed E-state index contributed by atoms with van der Waals surface area (Å²) in [5.41, 5.74) is 3.19. The van der Waals surface area contributed by atoms with Crippen LogP contribution in [-0.2, 0) is 7.05 Å². The fraction of sp³-hybridized carbons (Fsp3) is 0.412. The Balaban J connectivity index is 1.41. The zero-order valence-corrected chi connectivity index (χ0v) is 14.7. The molecule has 1 aliphatic rings. The maximum Gasteiger partial charge on any atom is 0.176 e. The molecule has 4 rings (SSSR count). The number of hydrogen-bond acceptors (Lipinski definition) is 6. The van der Waals surface area contributed by atoms with E-state index in [0.29, 0.717) is 6.04 Å². The van der Waals surface area contributed by atoms with Crippen LogP contribution in [0.2, 0.25) is 0 Å². The second kappa shape index (κ2) is 6.19. The minimum Gasteiger partial charge on any atom is -0.367 e. The van der Waals surface area contributed by atoms with Crippen LogP contribution < -0.4 is 10.2 Å². The van der Waals surface area contributed by atoms with Crippen molar-refractivity contribution in [2.75, 3.05) is 23.3 Å². The van der Waals surface area contributed by atoms with Gasteiger partial charge in [0.25, 0.3) is 0 Å². The van der Waals surface area contributed by atoms with Gasteiger partial charge in [0.2, 0.25) is 0 Å². The molecule has 1 fully saturated rings. The molecule has 25 heavy (non-hydrogen) atoms. The van der Waals surface area contributed by atoms with E-state index in [0.717, 1.165) is 48.2 Å². The van der Waals surface area contributed by atoms with E-state index in [9.17, 15) is 0 Å². The fourth-order valence-corrected chi connectivity index (χ4v) is 3.27. The van der Waals surface area contributed by atoms with Gasteiger partial charge in [0.05, 0.1) is 17.6 Å². The first-order valence-corrected chi connectivity index (χ1v) is 8.46. The predicted octanol–water partition coefficient (Wildman–Crippen LogP) is 1.70. The SMILES string of the molecule is Cc1cc(C)n(-c2ccc(NC3CCN(c4cnn(C)c4)C3)nn2)n1. The Labute approximate surface area is 146 Å². The van der Waals surface area contributed by atoms with E-state index in [-0.39, 0.29) is 0 Å². The van der Waals surface area contributed by atoms with Crippen LogP contribution >= 0.6 is 0 Å². The van der Waals surface area contributed by atoms with Crippen molar-refractivity contribution in [3.05, 3.63) is 42.0 Å². The number of nitrogens with one attached hydrogen (secondary N) is 1. The van der Waals surface area contributed by atoms with Crippen LogP contribution in [0.1, 0.15) is 17.8 Å². The van der Waals surface area contributed by atoms with Gasteiger partial charge in [-0.1, -0.05) is 0 Å². The number of aromatic nitrogens is 6. The molecular formula is C17H22N8. The van der Waals surface area contributed by atoms with Crippen molar-refractivity contribution in [1.29, 1.82) is 0 Å². The van der Waals surface area contributed by atoms with Gasteiger partial charge in [-0.3, -0.25) is 4.68 Å². The van der Waals surface area contributed by atoms with Gasteiger partial charge in [-0.2, -0.15) is 10.2 Å². The Hall–Kier alpha value is -2.90. The van der Waals surface area contributed by atoms with Crippen LogP contribution in [0.25, 0.3) is 5.82 Å². The molecule has 4 heterocycles. The van der Waals surface area contributed by atoms with Crippen LogP contribution in [-0.4, -0.2) is 48.9 Å². The van der Waals surface area contributed by atoms with Crippen molar-refractivity contribution in [1.82, 2.24) is 29.8 Å². The molecule has 1 saturated heterocycles. The van der Waals surface area contributed by atoms with E-state index >= 15 is 0 Å². The van der Waals surface area contributed by atoms with E-state index in [1.807, 2.05) is 60.9 Å². The molecule has 130 valence electrons. The van der Waals surface area contributed by atoms with Gasteiger partial charge in [0.15, 0.2) is 5.82 Å². The molecule has 1 atom stereocenters. The maximum atomic E-state index is 4.44. The van der Waals surface area contributed by atoms with Crippen molar-refractivity contribution in [3.63, 3.8) is 0 Å². The average Bonchev–Trinajstić information content (AvgIpc) is 3.29. The lowest BCUT2D eigenvalue weighted by atomic mass is 10.2. The molecule has 3 aromatic heterocycles. The highest BCUT2D eigenvalue weighted by atomic mass is 15.4. The van der Waals surface area contributed by atoms with Crippen LogP contribution in [0.15, 0.2) is 30.6 Å². The van der Waals surface area contributed by atoms with Crippen molar-refractivity contribution in [2.45, 2.75) is 26.3 Å². The maximum absolute atomic E-state index is 4.44. The van der Waals surface area contributed by atoms with Gasteiger partial charge in [-0.15, -0.1) is 10.2 Å². The second-order valence-corrected chi connectivity index (χ2v) is 6.56. The van der Waals surface area contributed by atoms with Crippen molar-refractivity contribution >= 4 is 11.5 Å². The number of hydrogen-bond donors (Lipinski definition) is 1. The molecule has 0 aliphatic carbocycles. The molecule has 0 saturated carbocycles. The summed E-state index contributed by atoms with van der Waals surface area (Å²) in [6.07, 6.45) is 5.02. The van der Waals surface area contributed by atoms with Crippen molar-refractivity contribution in [3.8, 4) is 5.82 Å². The third kappa shape index (κ3) is 3.19.